The van der Waals surface area contributed by atoms with Crippen LogP contribution in [0.25, 0.3) is 0 Å². The summed E-state index contributed by atoms with van der Waals surface area (Å²) in [5.74, 6) is 1.03. The molecule has 0 aliphatic rings. The van der Waals surface area contributed by atoms with Crippen molar-refractivity contribution in [1.29, 1.82) is 0 Å². The third-order valence-electron chi connectivity index (χ3n) is 3.19. The first-order chi connectivity index (χ1) is 8.57. The first-order valence-electron chi connectivity index (χ1n) is 6.96. The van der Waals surface area contributed by atoms with Gasteiger partial charge in [-0.25, -0.2) is 0 Å². The lowest BCUT2D eigenvalue weighted by atomic mass is 9.78. The summed E-state index contributed by atoms with van der Waals surface area (Å²) in [4.78, 5) is 0. The van der Waals surface area contributed by atoms with Crippen LogP contribution in [0.15, 0.2) is 24.8 Å². The molecule has 0 spiro atoms. The largest absolute Gasteiger partial charge is 0.489 e. The Hall–Kier alpha value is -1.24. The summed E-state index contributed by atoms with van der Waals surface area (Å²) in [5.41, 5.74) is 3.99. The second-order valence-electron chi connectivity index (χ2n) is 7.29. The number of hydrogen-bond acceptors (Lipinski definition) is 1. The number of hydrogen-bond donors (Lipinski definition) is 0. The molecule has 0 unspecified atom stereocenters. The highest BCUT2D eigenvalue weighted by Crippen LogP contribution is 2.40. The highest BCUT2D eigenvalue weighted by Gasteiger charge is 2.27. The molecule has 0 bridgehead atoms. The summed E-state index contributed by atoms with van der Waals surface area (Å²) in [6.07, 6.45) is 1.80. The second-order valence-corrected chi connectivity index (χ2v) is 7.29. The SMILES string of the molecule is C=CCOc1c(C(C)(C)C)cc(C)cc1C(C)(C)C. The van der Waals surface area contributed by atoms with Crippen LogP contribution in [0.5, 0.6) is 5.75 Å². The van der Waals surface area contributed by atoms with Crippen molar-refractivity contribution < 1.29 is 4.74 Å². The van der Waals surface area contributed by atoms with E-state index >= 15 is 0 Å². The van der Waals surface area contributed by atoms with E-state index in [2.05, 4.69) is 67.2 Å². The average Bonchev–Trinajstić information content (AvgIpc) is 2.23. The summed E-state index contributed by atoms with van der Waals surface area (Å²) in [6, 6.07) is 4.49. The van der Waals surface area contributed by atoms with Crippen molar-refractivity contribution in [2.24, 2.45) is 0 Å². The van der Waals surface area contributed by atoms with Gasteiger partial charge in [0.25, 0.3) is 0 Å². The van der Waals surface area contributed by atoms with Gasteiger partial charge in [0.2, 0.25) is 0 Å². The summed E-state index contributed by atoms with van der Waals surface area (Å²) >= 11 is 0. The molecular weight excluding hydrogens is 232 g/mol. The van der Waals surface area contributed by atoms with Crippen molar-refractivity contribution in [3.05, 3.63) is 41.5 Å². The van der Waals surface area contributed by atoms with Gasteiger partial charge in [-0.3, -0.25) is 0 Å². The first kappa shape index (κ1) is 15.8. The number of rotatable bonds is 3. The van der Waals surface area contributed by atoms with Crippen LogP contribution in [0, 0.1) is 6.92 Å². The predicted octanol–water partition coefficient (Wildman–Crippen LogP) is 5.15. The average molecular weight is 260 g/mol. The molecule has 19 heavy (non-hydrogen) atoms. The fourth-order valence-corrected chi connectivity index (χ4v) is 2.19. The van der Waals surface area contributed by atoms with Gasteiger partial charge in [-0.15, -0.1) is 0 Å². The highest BCUT2D eigenvalue weighted by atomic mass is 16.5. The van der Waals surface area contributed by atoms with E-state index in [0.717, 1.165) is 5.75 Å². The Balaban J connectivity index is 3.53. The molecule has 0 N–H and O–H groups in total. The minimum Gasteiger partial charge on any atom is -0.489 e. The molecule has 106 valence electrons. The van der Waals surface area contributed by atoms with Gasteiger partial charge in [0.15, 0.2) is 0 Å². The Kier molecular flexibility index (Phi) is 4.50. The van der Waals surface area contributed by atoms with Crippen LogP contribution < -0.4 is 4.74 Å². The van der Waals surface area contributed by atoms with Crippen molar-refractivity contribution in [1.82, 2.24) is 0 Å². The van der Waals surface area contributed by atoms with Gasteiger partial charge in [-0.2, -0.15) is 0 Å². The predicted molar refractivity (Wildman–Crippen MR) is 84.3 cm³/mol. The van der Waals surface area contributed by atoms with E-state index in [1.807, 2.05) is 0 Å². The minimum atomic E-state index is 0.0719. The van der Waals surface area contributed by atoms with E-state index in [0.29, 0.717) is 6.61 Å². The monoisotopic (exact) mass is 260 g/mol. The molecular formula is C18H28O. The number of aryl methyl sites for hydroxylation is 1. The van der Waals surface area contributed by atoms with Crippen LogP contribution in [0.3, 0.4) is 0 Å². The summed E-state index contributed by atoms with van der Waals surface area (Å²) in [6.45, 7) is 19.8. The third kappa shape index (κ3) is 3.86. The molecule has 0 amide bonds. The Bertz CT molecular complexity index is 421. The summed E-state index contributed by atoms with van der Waals surface area (Å²) in [5, 5.41) is 0. The molecule has 0 aliphatic heterocycles. The molecule has 0 fully saturated rings. The zero-order valence-corrected chi connectivity index (χ0v) is 13.6. The highest BCUT2D eigenvalue weighted by molar-refractivity contribution is 5.50. The van der Waals surface area contributed by atoms with Crippen molar-refractivity contribution in [2.45, 2.75) is 59.3 Å². The Morgan fingerprint density at radius 1 is 1.00 bits per heavy atom. The van der Waals surface area contributed by atoms with Gasteiger partial charge in [0, 0.05) is 11.1 Å². The molecule has 0 saturated heterocycles. The normalized spacial score (nSPS) is 12.4. The maximum absolute atomic E-state index is 6.01. The van der Waals surface area contributed by atoms with Crippen LogP contribution in [0.4, 0.5) is 0 Å². The molecule has 0 heterocycles. The second kappa shape index (κ2) is 5.40. The molecule has 1 aromatic carbocycles. The molecule has 0 radical (unpaired) electrons. The van der Waals surface area contributed by atoms with E-state index in [4.69, 9.17) is 4.74 Å². The van der Waals surface area contributed by atoms with E-state index in [1.165, 1.54) is 16.7 Å². The van der Waals surface area contributed by atoms with Crippen LogP contribution in [-0.4, -0.2) is 6.61 Å². The summed E-state index contributed by atoms with van der Waals surface area (Å²) in [7, 11) is 0. The minimum absolute atomic E-state index is 0.0719. The molecule has 0 atom stereocenters. The van der Waals surface area contributed by atoms with Gasteiger partial charge in [0.05, 0.1) is 0 Å². The topological polar surface area (TPSA) is 9.23 Å². The van der Waals surface area contributed by atoms with Gasteiger partial charge in [-0.05, 0) is 17.8 Å². The lowest BCUT2D eigenvalue weighted by molar-refractivity contribution is 0.339. The quantitative estimate of drug-likeness (QED) is 0.682. The third-order valence-corrected chi connectivity index (χ3v) is 3.19. The van der Waals surface area contributed by atoms with Crippen LogP contribution in [0.1, 0.15) is 58.2 Å². The molecule has 1 nitrogen and oxygen atoms in total. The molecule has 0 aliphatic carbocycles. The smallest absolute Gasteiger partial charge is 0.127 e. The van der Waals surface area contributed by atoms with Gasteiger partial charge in [0.1, 0.15) is 12.4 Å². The van der Waals surface area contributed by atoms with Crippen molar-refractivity contribution in [3.8, 4) is 5.75 Å². The van der Waals surface area contributed by atoms with Crippen molar-refractivity contribution in [3.63, 3.8) is 0 Å². The van der Waals surface area contributed by atoms with E-state index < -0.39 is 0 Å². The zero-order valence-electron chi connectivity index (χ0n) is 13.6. The van der Waals surface area contributed by atoms with Crippen molar-refractivity contribution >= 4 is 0 Å². The lowest BCUT2D eigenvalue weighted by Crippen LogP contribution is -2.20. The van der Waals surface area contributed by atoms with Crippen LogP contribution in [0.2, 0.25) is 0 Å². The van der Waals surface area contributed by atoms with Crippen LogP contribution >= 0.6 is 0 Å². The maximum Gasteiger partial charge on any atom is 0.127 e. The van der Waals surface area contributed by atoms with Crippen molar-refractivity contribution in [2.75, 3.05) is 6.61 Å². The van der Waals surface area contributed by atoms with Crippen LogP contribution in [-0.2, 0) is 10.8 Å². The Morgan fingerprint density at radius 2 is 1.42 bits per heavy atom. The number of ether oxygens (including phenoxy) is 1. The van der Waals surface area contributed by atoms with Gasteiger partial charge < -0.3 is 4.74 Å². The van der Waals surface area contributed by atoms with Gasteiger partial charge in [-0.1, -0.05) is 71.9 Å². The molecule has 0 aromatic heterocycles. The Morgan fingerprint density at radius 3 is 1.74 bits per heavy atom. The van der Waals surface area contributed by atoms with E-state index in [-0.39, 0.29) is 10.8 Å². The fourth-order valence-electron chi connectivity index (χ4n) is 2.19. The first-order valence-corrected chi connectivity index (χ1v) is 6.96. The summed E-state index contributed by atoms with van der Waals surface area (Å²) < 4.78 is 6.01. The lowest BCUT2D eigenvalue weighted by Gasteiger charge is -2.30. The van der Waals surface area contributed by atoms with Gasteiger partial charge >= 0.3 is 0 Å². The zero-order chi connectivity index (χ0) is 14.8. The number of benzene rings is 1. The Labute approximate surface area is 118 Å². The fraction of sp³-hybridized carbons (Fsp3) is 0.556. The maximum atomic E-state index is 6.01. The molecule has 1 rings (SSSR count). The van der Waals surface area contributed by atoms with E-state index in [1.54, 1.807) is 6.08 Å². The standard InChI is InChI=1S/C18H28O/c1-9-10-19-16-14(17(3,4)5)11-13(2)12-15(16)18(6,7)8/h9,11-12H,1,10H2,2-8H3. The van der Waals surface area contributed by atoms with E-state index in [9.17, 15) is 0 Å². The molecule has 1 heteroatoms. The molecule has 1 aromatic rings. The molecule has 0 saturated carbocycles.